The number of anilines is 2. The van der Waals surface area contributed by atoms with Crippen molar-refractivity contribution in [2.24, 2.45) is 0 Å². The average molecular weight is 303 g/mol. The van der Waals surface area contributed by atoms with E-state index in [4.69, 9.17) is 5.73 Å². The normalized spacial score (nSPS) is 23.5. The van der Waals surface area contributed by atoms with E-state index in [0.29, 0.717) is 12.0 Å². The second kappa shape index (κ2) is 5.10. The van der Waals surface area contributed by atoms with Crippen molar-refractivity contribution in [1.29, 1.82) is 0 Å². The molecule has 21 heavy (non-hydrogen) atoms. The zero-order valence-corrected chi connectivity index (χ0v) is 13.2. The number of aromatic nitrogens is 2. The van der Waals surface area contributed by atoms with Gasteiger partial charge in [-0.25, -0.2) is 4.98 Å². The zero-order chi connectivity index (χ0) is 14.4. The number of nitrogens with two attached hydrogens (primary N) is 1. The molecular formula is C15H21N5S. The Labute approximate surface area is 128 Å². The van der Waals surface area contributed by atoms with Gasteiger partial charge in [-0.05, 0) is 38.8 Å². The van der Waals surface area contributed by atoms with Crippen LogP contribution in [0.5, 0.6) is 0 Å². The first-order valence-electron chi connectivity index (χ1n) is 7.73. The summed E-state index contributed by atoms with van der Waals surface area (Å²) in [6, 6.07) is 2.88. The molecule has 0 aromatic carbocycles. The van der Waals surface area contributed by atoms with Crippen LogP contribution in [0.15, 0.2) is 6.07 Å². The fourth-order valence-corrected chi connectivity index (χ4v) is 4.56. The highest BCUT2D eigenvalue weighted by atomic mass is 32.1. The Hall–Kier alpha value is -1.40. The van der Waals surface area contributed by atoms with Gasteiger partial charge in [-0.1, -0.05) is 0 Å². The number of hydrogen-bond acceptors (Lipinski definition) is 6. The van der Waals surface area contributed by atoms with Gasteiger partial charge >= 0.3 is 0 Å². The Balaban J connectivity index is 1.74. The fraction of sp³-hybridized carbons (Fsp3) is 0.600. The van der Waals surface area contributed by atoms with Crippen molar-refractivity contribution in [3.8, 4) is 0 Å². The van der Waals surface area contributed by atoms with E-state index in [2.05, 4.69) is 32.8 Å². The molecule has 2 N–H and O–H groups in total. The molecular weight excluding hydrogens is 282 g/mol. The van der Waals surface area contributed by atoms with E-state index in [1.165, 1.54) is 37.2 Å². The SMILES string of the molecule is Cc1cc2c(N3CCCN4CCCC4C3)nc(N)nc2s1. The van der Waals surface area contributed by atoms with Gasteiger partial charge < -0.3 is 10.6 Å². The van der Waals surface area contributed by atoms with Gasteiger partial charge in [0.2, 0.25) is 5.95 Å². The molecule has 0 radical (unpaired) electrons. The second-order valence-electron chi connectivity index (χ2n) is 6.11. The van der Waals surface area contributed by atoms with Gasteiger partial charge in [-0.2, -0.15) is 4.98 Å². The van der Waals surface area contributed by atoms with Crippen molar-refractivity contribution in [2.75, 3.05) is 36.8 Å². The summed E-state index contributed by atoms with van der Waals surface area (Å²) in [5.41, 5.74) is 5.93. The third kappa shape index (κ3) is 2.36. The predicted octanol–water partition coefficient (Wildman–Crippen LogP) is 2.26. The topological polar surface area (TPSA) is 58.3 Å². The third-order valence-electron chi connectivity index (χ3n) is 4.62. The van der Waals surface area contributed by atoms with E-state index < -0.39 is 0 Å². The Morgan fingerprint density at radius 2 is 2.10 bits per heavy atom. The molecule has 2 aromatic heterocycles. The molecule has 2 saturated heterocycles. The van der Waals surface area contributed by atoms with Crippen LogP contribution in [0.2, 0.25) is 0 Å². The fourth-order valence-electron chi connectivity index (χ4n) is 3.68. The predicted molar refractivity (Wildman–Crippen MR) is 88.0 cm³/mol. The molecule has 2 aromatic rings. The van der Waals surface area contributed by atoms with E-state index in [1.807, 2.05) is 0 Å². The van der Waals surface area contributed by atoms with Crippen LogP contribution in [0.1, 0.15) is 24.1 Å². The lowest BCUT2D eigenvalue weighted by molar-refractivity contribution is 0.273. The lowest BCUT2D eigenvalue weighted by atomic mass is 10.2. The maximum absolute atomic E-state index is 5.93. The largest absolute Gasteiger partial charge is 0.368 e. The molecule has 5 nitrogen and oxygen atoms in total. The van der Waals surface area contributed by atoms with Crippen LogP contribution >= 0.6 is 11.3 Å². The number of thiophene rings is 1. The molecule has 0 bridgehead atoms. The highest BCUT2D eigenvalue weighted by Crippen LogP contribution is 2.33. The van der Waals surface area contributed by atoms with Crippen LogP contribution < -0.4 is 10.6 Å². The molecule has 4 heterocycles. The van der Waals surface area contributed by atoms with Gasteiger partial charge in [-0.15, -0.1) is 11.3 Å². The van der Waals surface area contributed by atoms with Crippen molar-refractivity contribution in [3.63, 3.8) is 0 Å². The Morgan fingerprint density at radius 1 is 1.24 bits per heavy atom. The molecule has 112 valence electrons. The summed E-state index contributed by atoms with van der Waals surface area (Å²) >= 11 is 1.70. The average Bonchev–Trinajstić information content (AvgIpc) is 2.98. The molecule has 0 saturated carbocycles. The minimum Gasteiger partial charge on any atom is -0.368 e. The smallest absolute Gasteiger partial charge is 0.223 e. The zero-order valence-electron chi connectivity index (χ0n) is 12.4. The van der Waals surface area contributed by atoms with Gasteiger partial charge in [0, 0.05) is 30.6 Å². The first-order chi connectivity index (χ1) is 10.2. The summed E-state index contributed by atoms with van der Waals surface area (Å²) in [5, 5.41) is 1.16. The lowest BCUT2D eigenvalue weighted by Crippen LogP contribution is -2.37. The highest BCUT2D eigenvalue weighted by molar-refractivity contribution is 7.18. The van der Waals surface area contributed by atoms with E-state index in [1.54, 1.807) is 11.3 Å². The van der Waals surface area contributed by atoms with Crippen LogP contribution in [0, 0.1) is 6.92 Å². The molecule has 0 spiro atoms. The van der Waals surface area contributed by atoms with Crippen molar-refractivity contribution < 1.29 is 0 Å². The Kier molecular flexibility index (Phi) is 3.23. The number of fused-ring (bicyclic) bond motifs is 2. The molecule has 0 amide bonds. The maximum atomic E-state index is 5.93. The van der Waals surface area contributed by atoms with Gasteiger partial charge in [0.1, 0.15) is 10.6 Å². The van der Waals surface area contributed by atoms with Gasteiger partial charge in [0.25, 0.3) is 0 Å². The van der Waals surface area contributed by atoms with E-state index >= 15 is 0 Å². The number of nitrogens with zero attached hydrogens (tertiary/aromatic N) is 4. The second-order valence-corrected chi connectivity index (χ2v) is 7.35. The first-order valence-corrected chi connectivity index (χ1v) is 8.55. The van der Waals surface area contributed by atoms with Crippen molar-refractivity contribution >= 4 is 33.3 Å². The van der Waals surface area contributed by atoms with Crippen LogP contribution in [0.3, 0.4) is 0 Å². The van der Waals surface area contributed by atoms with Crippen LogP contribution in [-0.2, 0) is 0 Å². The summed E-state index contributed by atoms with van der Waals surface area (Å²) in [6.45, 7) is 6.73. The van der Waals surface area contributed by atoms with E-state index in [9.17, 15) is 0 Å². The molecule has 2 aliphatic heterocycles. The van der Waals surface area contributed by atoms with Gasteiger partial charge in [0.15, 0.2) is 0 Å². The summed E-state index contributed by atoms with van der Waals surface area (Å²) in [7, 11) is 0. The molecule has 2 aliphatic rings. The maximum Gasteiger partial charge on any atom is 0.223 e. The summed E-state index contributed by atoms with van der Waals surface area (Å²) < 4.78 is 0. The van der Waals surface area contributed by atoms with Crippen molar-refractivity contribution in [1.82, 2.24) is 14.9 Å². The molecule has 1 unspecified atom stereocenters. The Bertz CT molecular complexity index is 667. The van der Waals surface area contributed by atoms with Gasteiger partial charge in [0.05, 0.1) is 5.39 Å². The van der Waals surface area contributed by atoms with E-state index in [-0.39, 0.29) is 0 Å². The molecule has 1 atom stereocenters. The monoisotopic (exact) mass is 303 g/mol. The number of rotatable bonds is 1. The highest BCUT2D eigenvalue weighted by Gasteiger charge is 2.30. The molecule has 2 fully saturated rings. The van der Waals surface area contributed by atoms with Gasteiger partial charge in [-0.3, -0.25) is 4.90 Å². The summed E-state index contributed by atoms with van der Waals surface area (Å²) in [6.07, 6.45) is 3.84. The van der Waals surface area contributed by atoms with Crippen LogP contribution in [-0.4, -0.2) is 47.1 Å². The third-order valence-corrected chi connectivity index (χ3v) is 5.56. The summed E-state index contributed by atoms with van der Waals surface area (Å²) in [5.74, 6) is 1.43. The number of aryl methyl sites for hydroxylation is 1. The van der Waals surface area contributed by atoms with Crippen molar-refractivity contribution in [3.05, 3.63) is 10.9 Å². The van der Waals surface area contributed by atoms with Crippen LogP contribution in [0.4, 0.5) is 11.8 Å². The minimum atomic E-state index is 0.395. The first kappa shape index (κ1) is 13.3. The molecule has 0 aliphatic carbocycles. The van der Waals surface area contributed by atoms with Crippen molar-refractivity contribution in [2.45, 2.75) is 32.2 Å². The molecule has 6 heteroatoms. The lowest BCUT2D eigenvalue weighted by Gasteiger charge is -2.26. The Morgan fingerprint density at radius 3 is 3.00 bits per heavy atom. The van der Waals surface area contributed by atoms with Crippen LogP contribution in [0.25, 0.3) is 10.2 Å². The quantitative estimate of drug-likeness (QED) is 0.875. The summed E-state index contributed by atoms with van der Waals surface area (Å²) in [4.78, 5) is 16.3. The van der Waals surface area contributed by atoms with E-state index in [0.717, 1.165) is 29.1 Å². The number of nitrogen functional groups attached to an aromatic ring is 1. The molecule has 4 rings (SSSR count). The minimum absolute atomic E-state index is 0.395. The number of hydrogen-bond donors (Lipinski definition) is 1. The standard InChI is InChI=1S/C15H21N5S/c1-10-8-12-13(17-15(16)18-14(12)21-10)20-7-3-6-19-5-2-4-11(19)9-20/h8,11H,2-7,9H2,1H3,(H2,16,17,18).